The molecule has 5 nitrogen and oxygen atoms in total. The van der Waals surface area contributed by atoms with Gasteiger partial charge in [-0.3, -0.25) is 14.1 Å². The highest BCUT2D eigenvalue weighted by atomic mass is 16.1. The van der Waals surface area contributed by atoms with Crippen LogP contribution in [0.15, 0.2) is 59.7 Å². The molecule has 0 fully saturated rings. The minimum atomic E-state index is 0.0560. The summed E-state index contributed by atoms with van der Waals surface area (Å²) in [6.07, 6.45) is 8.02. The van der Waals surface area contributed by atoms with Gasteiger partial charge in [-0.1, -0.05) is 24.3 Å². The van der Waals surface area contributed by atoms with E-state index in [0.29, 0.717) is 5.65 Å². The van der Waals surface area contributed by atoms with E-state index in [1.165, 1.54) is 27.6 Å². The van der Waals surface area contributed by atoms with Crippen LogP contribution in [0.1, 0.15) is 28.8 Å². The lowest BCUT2D eigenvalue weighted by Gasteiger charge is -2.26. The van der Waals surface area contributed by atoms with Gasteiger partial charge in [0.25, 0.3) is 5.56 Å². The normalized spacial score (nSPS) is 15.1. The number of aromatic nitrogens is 3. The van der Waals surface area contributed by atoms with Gasteiger partial charge in [0.05, 0.1) is 0 Å². The summed E-state index contributed by atoms with van der Waals surface area (Å²) in [6.45, 7) is 6.85. The van der Waals surface area contributed by atoms with Gasteiger partial charge >= 0.3 is 0 Å². The quantitative estimate of drug-likeness (QED) is 0.563. The van der Waals surface area contributed by atoms with Crippen LogP contribution in [0.3, 0.4) is 0 Å². The number of benzene rings is 1. The number of pyridine rings is 1. The lowest BCUT2D eigenvalue weighted by atomic mass is 9.98. The van der Waals surface area contributed by atoms with Crippen LogP contribution in [0, 0.1) is 13.8 Å². The predicted molar refractivity (Wildman–Crippen MR) is 122 cm³/mol. The Morgan fingerprint density at radius 3 is 2.90 bits per heavy atom. The first-order valence-corrected chi connectivity index (χ1v) is 10.6. The molecular weight excluding hydrogens is 372 g/mol. The average molecular weight is 399 g/mol. The second kappa shape index (κ2) is 7.58. The summed E-state index contributed by atoms with van der Waals surface area (Å²) in [7, 11) is 0. The number of aromatic amines is 1. The number of hydrogen-bond acceptors (Lipinski definition) is 3. The monoisotopic (exact) mass is 398 g/mol. The van der Waals surface area contributed by atoms with Crippen molar-refractivity contribution >= 4 is 22.1 Å². The molecule has 4 heterocycles. The Morgan fingerprint density at radius 2 is 2.07 bits per heavy atom. The van der Waals surface area contributed by atoms with Crippen molar-refractivity contribution in [1.82, 2.24) is 19.3 Å². The average Bonchev–Trinajstić information content (AvgIpc) is 3.17. The number of fused-ring (bicyclic) bond motifs is 2. The molecule has 0 saturated carbocycles. The molecule has 0 atom stereocenters. The summed E-state index contributed by atoms with van der Waals surface area (Å²) in [4.78, 5) is 23.3. The molecule has 0 unspecified atom stereocenters. The Kier molecular flexibility index (Phi) is 4.75. The van der Waals surface area contributed by atoms with Crippen molar-refractivity contribution in [2.75, 3.05) is 19.6 Å². The molecule has 5 rings (SSSR count). The van der Waals surface area contributed by atoms with Crippen molar-refractivity contribution < 1.29 is 0 Å². The zero-order valence-corrected chi connectivity index (χ0v) is 17.5. The van der Waals surface area contributed by atoms with Crippen LogP contribution in [0.5, 0.6) is 0 Å². The smallest absolute Gasteiger partial charge is 0.261 e. The molecule has 0 amide bonds. The van der Waals surface area contributed by atoms with Crippen molar-refractivity contribution in [2.45, 2.75) is 26.7 Å². The Balaban J connectivity index is 1.31. The van der Waals surface area contributed by atoms with Crippen molar-refractivity contribution in [2.24, 2.45) is 0 Å². The van der Waals surface area contributed by atoms with Gasteiger partial charge in [0.1, 0.15) is 5.65 Å². The van der Waals surface area contributed by atoms with E-state index in [1.54, 1.807) is 10.6 Å². The molecular formula is C25H26N4O. The number of rotatable bonds is 4. The Morgan fingerprint density at radius 1 is 1.17 bits per heavy atom. The molecule has 152 valence electrons. The zero-order chi connectivity index (χ0) is 20.7. The summed E-state index contributed by atoms with van der Waals surface area (Å²) in [5.41, 5.74) is 7.63. The number of nitrogens with one attached hydrogen (secondary N) is 1. The Labute approximate surface area is 175 Å². The third-order valence-electron chi connectivity index (χ3n) is 6.19. The Hall–Kier alpha value is -3.18. The van der Waals surface area contributed by atoms with Gasteiger partial charge < -0.3 is 4.98 Å². The van der Waals surface area contributed by atoms with Gasteiger partial charge in [-0.2, -0.15) is 0 Å². The zero-order valence-electron chi connectivity index (χ0n) is 17.5. The van der Waals surface area contributed by atoms with Crippen LogP contribution in [-0.2, 0) is 6.42 Å². The molecule has 0 aliphatic carbocycles. The van der Waals surface area contributed by atoms with E-state index in [9.17, 15) is 4.79 Å². The number of nitrogens with zero attached hydrogens (tertiary/aromatic N) is 3. The topological polar surface area (TPSA) is 53.4 Å². The summed E-state index contributed by atoms with van der Waals surface area (Å²) in [5, 5.41) is 1.30. The predicted octanol–water partition coefficient (Wildman–Crippen LogP) is 4.12. The number of hydrogen-bond donors (Lipinski definition) is 1. The van der Waals surface area contributed by atoms with Crippen LogP contribution in [0.2, 0.25) is 0 Å². The first kappa shape index (κ1) is 18.8. The van der Waals surface area contributed by atoms with Crippen LogP contribution in [0.4, 0.5) is 0 Å². The summed E-state index contributed by atoms with van der Waals surface area (Å²) >= 11 is 0. The van der Waals surface area contributed by atoms with Gasteiger partial charge in [-0.05, 0) is 56.0 Å². The molecule has 5 heteroatoms. The number of aryl methyl sites for hydroxylation is 2. The second-order valence-corrected chi connectivity index (χ2v) is 8.19. The SMILES string of the molecule is Cc1ccc2c(C3=CCN(CCc4c(C)nc5ccccn5c4=O)CC3)c[nH]c2c1. The van der Waals surface area contributed by atoms with Gasteiger partial charge in [-0.25, -0.2) is 4.98 Å². The molecule has 0 radical (unpaired) electrons. The van der Waals surface area contributed by atoms with E-state index in [4.69, 9.17) is 0 Å². The highest BCUT2D eigenvalue weighted by molar-refractivity contribution is 5.93. The third-order valence-corrected chi connectivity index (χ3v) is 6.19. The van der Waals surface area contributed by atoms with Crippen LogP contribution >= 0.6 is 0 Å². The maximum Gasteiger partial charge on any atom is 0.261 e. The first-order chi connectivity index (χ1) is 14.6. The summed E-state index contributed by atoms with van der Waals surface area (Å²) < 4.78 is 1.65. The van der Waals surface area contributed by atoms with Gasteiger partial charge in [0.2, 0.25) is 0 Å². The van der Waals surface area contributed by atoms with Crippen LogP contribution in [-0.4, -0.2) is 38.9 Å². The van der Waals surface area contributed by atoms with E-state index in [-0.39, 0.29) is 5.56 Å². The maximum absolute atomic E-state index is 12.9. The fourth-order valence-corrected chi connectivity index (χ4v) is 4.46. The minimum absolute atomic E-state index is 0.0560. The Bertz CT molecular complexity index is 1330. The van der Waals surface area contributed by atoms with Gasteiger partial charge in [-0.15, -0.1) is 0 Å². The van der Waals surface area contributed by atoms with Crippen molar-refractivity contribution in [3.63, 3.8) is 0 Å². The first-order valence-electron chi connectivity index (χ1n) is 10.6. The van der Waals surface area contributed by atoms with Crippen LogP contribution in [0.25, 0.3) is 22.1 Å². The molecule has 0 spiro atoms. The fourth-order valence-electron chi connectivity index (χ4n) is 4.46. The van der Waals surface area contributed by atoms with Crippen molar-refractivity contribution in [3.8, 4) is 0 Å². The van der Waals surface area contributed by atoms with Crippen molar-refractivity contribution in [3.05, 3.63) is 87.6 Å². The fraction of sp³-hybridized carbons (Fsp3) is 0.280. The van der Waals surface area contributed by atoms with E-state index >= 15 is 0 Å². The third kappa shape index (κ3) is 3.35. The van der Waals surface area contributed by atoms with Crippen molar-refractivity contribution in [1.29, 1.82) is 0 Å². The lowest BCUT2D eigenvalue weighted by Crippen LogP contribution is -2.32. The minimum Gasteiger partial charge on any atom is -0.361 e. The van der Waals surface area contributed by atoms with E-state index in [1.807, 2.05) is 25.1 Å². The van der Waals surface area contributed by atoms with E-state index in [0.717, 1.165) is 43.7 Å². The lowest BCUT2D eigenvalue weighted by molar-refractivity contribution is 0.305. The molecule has 1 aromatic carbocycles. The molecule has 0 bridgehead atoms. The molecule has 1 N–H and O–H groups in total. The van der Waals surface area contributed by atoms with Gasteiger partial charge in [0, 0.05) is 59.8 Å². The molecule has 0 saturated heterocycles. The van der Waals surface area contributed by atoms with Crippen LogP contribution < -0.4 is 5.56 Å². The molecule has 1 aliphatic heterocycles. The largest absolute Gasteiger partial charge is 0.361 e. The highest BCUT2D eigenvalue weighted by Crippen LogP contribution is 2.29. The van der Waals surface area contributed by atoms with E-state index in [2.05, 4.69) is 52.3 Å². The standard InChI is InChI=1S/C25H26N4O/c1-17-6-7-21-22(16-26-23(21)15-17)19-8-12-28(13-9-19)14-10-20-18(2)27-24-5-3-4-11-29(24)25(20)30/h3-8,11,15-16,26H,9-10,12-14H2,1-2H3. The van der Waals surface area contributed by atoms with Gasteiger partial charge in [0.15, 0.2) is 0 Å². The summed E-state index contributed by atoms with van der Waals surface area (Å²) in [5.74, 6) is 0. The van der Waals surface area contributed by atoms with E-state index < -0.39 is 0 Å². The second-order valence-electron chi connectivity index (χ2n) is 8.19. The molecule has 1 aliphatic rings. The highest BCUT2D eigenvalue weighted by Gasteiger charge is 2.17. The number of H-pyrrole nitrogens is 1. The maximum atomic E-state index is 12.9. The summed E-state index contributed by atoms with van der Waals surface area (Å²) in [6, 6.07) is 12.3. The molecule has 4 aromatic rings. The molecule has 30 heavy (non-hydrogen) atoms. The molecule has 3 aromatic heterocycles.